The van der Waals surface area contributed by atoms with Crippen molar-refractivity contribution in [1.29, 1.82) is 0 Å². The summed E-state index contributed by atoms with van der Waals surface area (Å²) in [4.78, 5) is 25.7. The van der Waals surface area contributed by atoms with Gasteiger partial charge in [-0.3, -0.25) is 18.7 Å². The molecule has 3 fully saturated rings. The van der Waals surface area contributed by atoms with E-state index in [4.69, 9.17) is 45.6 Å². The second-order valence-corrected chi connectivity index (χ2v) is 11.0. The second kappa shape index (κ2) is 4.54. The van der Waals surface area contributed by atoms with Crippen molar-refractivity contribution in [2.45, 2.75) is 31.1 Å². The van der Waals surface area contributed by atoms with Gasteiger partial charge in [0.25, 0.3) is 0 Å². The van der Waals surface area contributed by atoms with Crippen molar-refractivity contribution in [3.8, 4) is 5.88 Å². The Kier molecular flexibility index (Phi) is 2.76. The lowest BCUT2D eigenvalue weighted by atomic mass is 10.2. The summed E-state index contributed by atoms with van der Waals surface area (Å²) in [5.41, 5.74) is -3.57. The van der Waals surface area contributed by atoms with Gasteiger partial charge < -0.3 is 9.63 Å². The lowest BCUT2D eigenvalue weighted by Gasteiger charge is -2.50. The van der Waals surface area contributed by atoms with Gasteiger partial charge in [0.1, 0.15) is 0 Å². The third kappa shape index (κ3) is 1.83. The zero-order valence-electron chi connectivity index (χ0n) is 13.9. The second-order valence-electron chi connectivity index (χ2n) is 6.62. The van der Waals surface area contributed by atoms with Gasteiger partial charge in [-0.1, -0.05) is 4.73 Å². The van der Waals surface area contributed by atoms with Crippen molar-refractivity contribution >= 4 is 23.5 Å². The van der Waals surface area contributed by atoms with Gasteiger partial charge in [0, 0.05) is 0 Å². The molecule has 2 spiro atoms. The summed E-state index contributed by atoms with van der Waals surface area (Å²) in [5, 5.41) is 10.0. The van der Waals surface area contributed by atoms with E-state index in [1.165, 1.54) is 0 Å². The van der Waals surface area contributed by atoms with Crippen LogP contribution in [0.1, 0.15) is 12.5 Å². The standard InChI is InChI=1S/C9H5N2O16P3/c1-7-5(13)19-28(15,21-7)25-9(20-7)10-4-2-3(12)11(6(10)14)27-29(16,18-4)22-8(2)23-30(17,24-8)26-9/h5,13H,1H3. The topological polar surface area (TPSA) is 208 Å². The van der Waals surface area contributed by atoms with E-state index < -0.39 is 70.3 Å². The SMILES string of the molecule is CC12OC3(OP4(=O)OC5(OP6(=O)Oc7c5c(=O)n(c(=O)n73)O6)O4)OP(=O)(OC1O)O2. The molecular weight excluding hydrogens is 485 g/mol. The highest BCUT2D eigenvalue weighted by Gasteiger charge is 2.79. The molecule has 1 aromatic heterocycles. The fraction of sp³-hybridized carbons (Fsp3) is 0.556. The number of rotatable bonds is 0. The highest BCUT2D eigenvalue weighted by molar-refractivity contribution is 7.51. The van der Waals surface area contributed by atoms with Gasteiger partial charge in [0.15, 0.2) is 5.56 Å². The highest BCUT2D eigenvalue weighted by atomic mass is 31.2. The van der Waals surface area contributed by atoms with Crippen molar-refractivity contribution in [2.24, 2.45) is 0 Å². The van der Waals surface area contributed by atoms with Crippen LogP contribution in [-0.2, 0) is 62.2 Å². The minimum atomic E-state index is -4.81. The average molecular weight is 490 g/mol. The smallest absolute Gasteiger partial charge is 0.376 e. The van der Waals surface area contributed by atoms with Crippen molar-refractivity contribution in [2.75, 3.05) is 0 Å². The number of phosphoric acid groups is 3. The molecule has 0 radical (unpaired) electrons. The number of aliphatic hydroxyl groups is 1. The van der Waals surface area contributed by atoms with Crippen LogP contribution in [-0.4, -0.2) is 26.5 Å². The first-order valence-corrected chi connectivity index (χ1v) is 12.2. The summed E-state index contributed by atoms with van der Waals surface area (Å²) in [6.45, 7) is 1.02. The zero-order chi connectivity index (χ0) is 21.1. The molecule has 162 valence electrons. The Labute approximate surface area is 161 Å². The Morgan fingerprint density at radius 2 is 1.63 bits per heavy atom. The molecule has 0 aliphatic carbocycles. The van der Waals surface area contributed by atoms with Crippen LogP contribution in [0.3, 0.4) is 0 Å². The molecule has 10 rings (SSSR count). The average Bonchev–Trinajstić information content (AvgIpc) is 2.64. The highest BCUT2D eigenvalue weighted by Crippen LogP contribution is 2.80. The molecule has 21 heteroatoms. The monoisotopic (exact) mass is 490 g/mol. The molecule has 5 unspecified atom stereocenters. The number of hydrogen-bond acceptors (Lipinski definition) is 16. The molecule has 5 atom stereocenters. The molecule has 0 amide bonds. The van der Waals surface area contributed by atoms with Crippen LogP contribution in [0.4, 0.5) is 0 Å². The predicted octanol–water partition coefficient (Wildman–Crippen LogP) is -0.931. The van der Waals surface area contributed by atoms with E-state index >= 15 is 0 Å². The van der Waals surface area contributed by atoms with Gasteiger partial charge in [0.2, 0.25) is 18.0 Å². The molecule has 9 aliphatic heterocycles. The third-order valence-corrected chi connectivity index (χ3v) is 8.70. The van der Waals surface area contributed by atoms with Crippen molar-refractivity contribution in [1.82, 2.24) is 9.30 Å². The summed E-state index contributed by atoms with van der Waals surface area (Å²) >= 11 is 0. The first-order chi connectivity index (χ1) is 13.8. The van der Waals surface area contributed by atoms with Crippen LogP contribution in [0.25, 0.3) is 0 Å². The Bertz CT molecular complexity index is 1350. The third-order valence-electron chi connectivity index (χ3n) is 4.59. The van der Waals surface area contributed by atoms with Crippen molar-refractivity contribution in [3.63, 3.8) is 0 Å². The summed E-state index contributed by atoms with van der Waals surface area (Å²) < 4.78 is 88.5. The van der Waals surface area contributed by atoms with E-state index in [0.29, 0.717) is 0 Å². The summed E-state index contributed by atoms with van der Waals surface area (Å²) in [6.07, 6.45) is -5.22. The molecule has 3 saturated heterocycles. The van der Waals surface area contributed by atoms with Gasteiger partial charge in [0.05, 0.1) is 0 Å². The van der Waals surface area contributed by atoms with Gasteiger partial charge >= 0.3 is 46.8 Å². The molecule has 30 heavy (non-hydrogen) atoms. The summed E-state index contributed by atoms with van der Waals surface area (Å²) in [5.74, 6) is -5.88. The normalized spacial score (nSPS) is 53.6. The van der Waals surface area contributed by atoms with Crippen LogP contribution in [0.2, 0.25) is 0 Å². The molecule has 1 N–H and O–H groups in total. The van der Waals surface area contributed by atoms with E-state index in [1.807, 2.05) is 0 Å². The number of ether oxygens (including phenoxy) is 1. The summed E-state index contributed by atoms with van der Waals surface area (Å²) in [7, 11) is -14.3. The maximum atomic E-state index is 13.0. The molecule has 9 bridgehead atoms. The summed E-state index contributed by atoms with van der Waals surface area (Å²) in [6, 6.07) is 0. The van der Waals surface area contributed by atoms with Gasteiger partial charge in [-0.2, -0.15) is 4.57 Å². The number of nitrogens with zero attached hydrogens (tertiary/aromatic N) is 2. The number of hydrogen-bond donors (Lipinski definition) is 1. The molecule has 1 aromatic rings. The van der Waals surface area contributed by atoms with Crippen LogP contribution < -0.4 is 20.4 Å². The maximum Gasteiger partial charge on any atom is 0.613 e. The van der Waals surface area contributed by atoms with E-state index in [-0.39, 0.29) is 9.30 Å². The van der Waals surface area contributed by atoms with Crippen LogP contribution in [0.15, 0.2) is 9.59 Å². The lowest BCUT2D eigenvalue weighted by molar-refractivity contribution is -0.476. The van der Waals surface area contributed by atoms with Gasteiger partial charge in [-0.25, -0.2) is 45.6 Å². The molecule has 0 saturated carbocycles. The van der Waals surface area contributed by atoms with Crippen molar-refractivity contribution in [3.05, 3.63) is 26.4 Å². The van der Waals surface area contributed by atoms with Crippen LogP contribution in [0, 0.1) is 0 Å². The largest absolute Gasteiger partial charge is 0.613 e. The Morgan fingerprint density at radius 1 is 0.967 bits per heavy atom. The van der Waals surface area contributed by atoms with Crippen molar-refractivity contribution < 1.29 is 64.4 Å². The minimum absolute atomic E-state index is 0.0621. The van der Waals surface area contributed by atoms with Gasteiger partial charge in [-0.05, 0) is 6.92 Å². The predicted molar refractivity (Wildman–Crippen MR) is 77.7 cm³/mol. The van der Waals surface area contributed by atoms with Crippen LogP contribution in [0.5, 0.6) is 5.88 Å². The Balaban J connectivity index is 1.62. The minimum Gasteiger partial charge on any atom is -0.376 e. The first-order valence-electron chi connectivity index (χ1n) is 7.77. The number of aliphatic hydroxyl groups excluding tert-OH is 1. The zero-order valence-corrected chi connectivity index (χ0v) is 16.6. The fourth-order valence-electron chi connectivity index (χ4n) is 3.48. The lowest BCUT2D eigenvalue weighted by Crippen LogP contribution is -2.62. The number of aromatic nitrogens is 2. The van der Waals surface area contributed by atoms with Gasteiger partial charge in [-0.15, -0.1) is 0 Å². The molecule has 10 heterocycles. The molecule has 9 aliphatic rings. The first kappa shape index (κ1) is 18.2. The molecule has 18 nitrogen and oxygen atoms in total. The Morgan fingerprint density at radius 3 is 2.33 bits per heavy atom. The van der Waals surface area contributed by atoms with E-state index in [9.17, 15) is 28.4 Å². The van der Waals surface area contributed by atoms with E-state index in [0.717, 1.165) is 6.92 Å². The number of phosphoric ester groups is 3. The molecular formula is C9H5N2O16P3. The quantitative estimate of drug-likeness (QED) is 0.436. The Hall–Kier alpha value is -1.39. The van der Waals surface area contributed by atoms with E-state index in [2.05, 4.69) is 0 Å². The number of fused-ring (bicyclic) bond motifs is 2. The van der Waals surface area contributed by atoms with Crippen LogP contribution >= 0.6 is 23.5 Å². The fourth-order valence-corrected chi connectivity index (χ4v) is 7.89. The maximum absolute atomic E-state index is 13.0. The van der Waals surface area contributed by atoms with E-state index in [1.54, 1.807) is 0 Å². The molecule has 0 aromatic carbocycles.